The standard InChI is InChI=1S/C21H24/c1-3-5-9-17(4-2)21(18-10-7-6-8-11-18)20-15-16-12-13-19(20)14-16/h3-13,16,19-21H,1,14-15H2,2H3/b9-5-,17-4+. The number of hydrogen-bond donors (Lipinski definition) is 0. The van der Waals surface area contributed by atoms with Gasteiger partial charge in [-0.2, -0.15) is 0 Å². The molecule has 3 rings (SSSR count). The van der Waals surface area contributed by atoms with Crippen molar-refractivity contribution in [2.45, 2.75) is 25.7 Å². The quantitative estimate of drug-likeness (QED) is 0.480. The van der Waals surface area contributed by atoms with E-state index in [2.05, 4.69) is 74.2 Å². The van der Waals surface area contributed by atoms with Gasteiger partial charge in [0.25, 0.3) is 0 Å². The molecule has 1 fully saturated rings. The minimum absolute atomic E-state index is 0.507. The molecule has 0 aliphatic heterocycles. The van der Waals surface area contributed by atoms with Gasteiger partial charge in [0, 0.05) is 5.92 Å². The van der Waals surface area contributed by atoms with Crippen molar-refractivity contribution in [2.75, 3.05) is 0 Å². The average molecular weight is 276 g/mol. The smallest absolute Gasteiger partial charge is 0.0120 e. The third-order valence-corrected chi connectivity index (χ3v) is 5.03. The van der Waals surface area contributed by atoms with Crippen LogP contribution in [-0.4, -0.2) is 0 Å². The number of fused-ring (bicyclic) bond motifs is 2. The minimum Gasteiger partial charge on any atom is -0.0991 e. The second-order valence-corrected chi connectivity index (χ2v) is 6.22. The number of hydrogen-bond acceptors (Lipinski definition) is 0. The number of benzene rings is 1. The molecule has 0 heterocycles. The molecule has 1 aromatic rings. The van der Waals surface area contributed by atoms with Crippen LogP contribution in [0.4, 0.5) is 0 Å². The zero-order valence-corrected chi connectivity index (χ0v) is 12.8. The highest BCUT2D eigenvalue weighted by Gasteiger charge is 2.41. The predicted octanol–water partition coefficient (Wildman–Crippen LogP) is 5.67. The van der Waals surface area contributed by atoms with Crippen LogP contribution in [0.5, 0.6) is 0 Å². The summed E-state index contributed by atoms with van der Waals surface area (Å²) >= 11 is 0. The van der Waals surface area contributed by atoms with Crippen LogP contribution in [0.25, 0.3) is 0 Å². The predicted molar refractivity (Wildman–Crippen MR) is 91.1 cm³/mol. The summed E-state index contributed by atoms with van der Waals surface area (Å²) in [5, 5.41) is 0. The maximum absolute atomic E-state index is 3.81. The average Bonchev–Trinajstić information content (AvgIpc) is 3.15. The van der Waals surface area contributed by atoms with Gasteiger partial charge >= 0.3 is 0 Å². The highest BCUT2D eigenvalue weighted by atomic mass is 14.4. The second-order valence-electron chi connectivity index (χ2n) is 6.22. The second kappa shape index (κ2) is 6.30. The van der Waals surface area contributed by atoms with Crippen LogP contribution >= 0.6 is 0 Å². The van der Waals surface area contributed by atoms with Crippen molar-refractivity contribution in [3.8, 4) is 0 Å². The van der Waals surface area contributed by atoms with Gasteiger partial charge in [-0.3, -0.25) is 0 Å². The lowest BCUT2D eigenvalue weighted by Crippen LogP contribution is -2.19. The van der Waals surface area contributed by atoms with Gasteiger partial charge < -0.3 is 0 Å². The summed E-state index contributed by atoms with van der Waals surface area (Å²) in [6, 6.07) is 11.0. The minimum atomic E-state index is 0.507. The molecule has 0 nitrogen and oxygen atoms in total. The molecule has 0 radical (unpaired) electrons. The van der Waals surface area contributed by atoms with E-state index >= 15 is 0 Å². The first-order valence-corrected chi connectivity index (χ1v) is 8.02. The van der Waals surface area contributed by atoms with Crippen LogP contribution < -0.4 is 0 Å². The molecule has 2 aliphatic rings. The Labute approximate surface area is 128 Å². The highest BCUT2D eigenvalue weighted by molar-refractivity contribution is 5.38. The highest BCUT2D eigenvalue weighted by Crippen LogP contribution is 2.51. The van der Waals surface area contributed by atoms with Crippen LogP contribution in [0, 0.1) is 17.8 Å². The zero-order valence-electron chi connectivity index (χ0n) is 12.8. The maximum Gasteiger partial charge on any atom is 0.0120 e. The van der Waals surface area contributed by atoms with Crippen LogP contribution in [0.1, 0.15) is 31.2 Å². The van der Waals surface area contributed by atoms with Gasteiger partial charge in [0.05, 0.1) is 0 Å². The number of rotatable bonds is 5. The lowest BCUT2D eigenvalue weighted by molar-refractivity contribution is 0.399. The van der Waals surface area contributed by atoms with E-state index in [-0.39, 0.29) is 0 Å². The molecule has 21 heavy (non-hydrogen) atoms. The lowest BCUT2D eigenvalue weighted by atomic mass is 9.74. The van der Waals surface area contributed by atoms with Crippen molar-refractivity contribution in [3.63, 3.8) is 0 Å². The lowest BCUT2D eigenvalue weighted by Gasteiger charge is -2.30. The molecule has 0 saturated heterocycles. The zero-order chi connectivity index (χ0) is 14.7. The van der Waals surface area contributed by atoms with Crippen LogP contribution in [0.2, 0.25) is 0 Å². The van der Waals surface area contributed by atoms with Gasteiger partial charge in [0.2, 0.25) is 0 Å². The van der Waals surface area contributed by atoms with Gasteiger partial charge in [-0.25, -0.2) is 0 Å². The van der Waals surface area contributed by atoms with E-state index in [1.165, 1.54) is 24.0 Å². The summed E-state index contributed by atoms with van der Waals surface area (Å²) < 4.78 is 0. The summed E-state index contributed by atoms with van der Waals surface area (Å²) in [6.45, 7) is 5.96. The van der Waals surface area contributed by atoms with Crippen LogP contribution in [0.15, 0.2) is 78.9 Å². The molecule has 0 aromatic heterocycles. The Balaban J connectivity index is 1.97. The van der Waals surface area contributed by atoms with E-state index in [1.807, 2.05) is 6.08 Å². The van der Waals surface area contributed by atoms with Crippen molar-refractivity contribution >= 4 is 0 Å². The SMILES string of the molecule is C=C/C=C\C(=C/C)C(c1ccccc1)C1CC2C=CC1C2. The van der Waals surface area contributed by atoms with Gasteiger partial charge in [0.15, 0.2) is 0 Å². The summed E-state index contributed by atoms with van der Waals surface area (Å²) in [5.74, 6) is 2.82. The first-order chi connectivity index (χ1) is 10.3. The summed E-state index contributed by atoms with van der Waals surface area (Å²) in [6.07, 6.45) is 16.0. The number of allylic oxidation sites excluding steroid dienone is 7. The van der Waals surface area contributed by atoms with Crippen molar-refractivity contribution < 1.29 is 0 Å². The molecule has 108 valence electrons. The van der Waals surface area contributed by atoms with E-state index in [9.17, 15) is 0 Å². The normalized spacial score (nSPS) is 29.2. The first kappa shape index (κ1) is 14.1. The van der Waals surface area contributed by atoms with Gasteiger partial charge in [-0.05, 0) is 48.7 Å². The molecule has 0 heteroatoms. The fourth-order valence-electron chi connectivity index (χ4n) is 4.11. The molecule has 0 amide bonds. The molecule has 1 saturated carbocycles. The molecule has 0 spiro atoms. The molecule has 1 aromatic carbocycles. The third-order valence-electron chi connectivity index (χ3n) is 5.03. The molecule has 2 bridgehead atoms. The van der Waals surface area contributed by atoms with Crippen molar-refractivity contribution in [2.24, 2.45) is 17.8 Å². The summed E-state index contributed by atoms with van der Waals surface area (Å²) in [7, 11) is 0. The Bertz CT molecular complexity index is 573. The summed E-state index contributed by atoms with van der Waals surface area (Å²) in [5.41, 5.74) is 2.87. The Kier molecular flexibility index (Phi) is 4.24. The molecular weight excluding hydrogens is 252 g/mol. The fraction of sp³-hybridized carbons (Fsp3) is 0.333. The van der Waals surface area contributed by atoms with Crippen LogP contribution in [0.3, 0.4) is 0 Å². The molecule has 4 atom stereocenters. The Morgan fingerprint density at radius 1 is 1.19 bits per heavy atom. The van der Waals surface area contributed by atoms with Crippen molar-refractivity contribution in [1.29, 1.82) is 0 Å². The molecule has 0 N–H and O–H groups in total. The Hall–Kier alpha value is -1.82. The summed E-state index contributed by atoms with van der Waals surface area (Å²) in [4.78, 5) is 0. The molecule has 2 aliphatic carbocycles. The fourth-order valence-corrected chi connectivity index (χ4v) is 4.11. The first-order valence-electron chi connectivity index (χ1n) is 8.02. The molecule has 4 unspecified atom stereocenters. The Morgan fingerprint density at radius 3 is 2.57 bits per heavy atom. The van der Waals surface area contributed by atoms with Gasteiger partial charge in [-0.15, -0.1) is 0 Å². The largest absolute Gasteiger partial charge is 0.0991 e. The van der Waals surface area contributed by atoms with E-state index in [0.29, 0.717) is 5.92 Å². The van der Waals surface area contributed by atoms with E-state index in [0.717, 1.165) is 17.8 Å². The van der Waals surface area contributed by atoms with Crippen LogP contribution in [-0.2, 0) is 0 Å². The van der Waals surface area contributed by atoms with Crippen molar-refractivity contribution in [1.82, 2.24) is 0 Å². The maximum atomic E-state index is 3.81. The van der Waals surface area contributed by atoms with E-state index < -0.39 is 0 Å². The van der Waals surface area contributed by atoms with Crippen molar-refractivity contribution in [3.05, 3.63) is 84.5 Å². The van der Waals surface area contributed by atoms with Gasteiger partial charge in [0.1, 0.15) is 0 Å². The molecular formula is C21H24. The third kappa shape index (κ3) is 2.81. The van der Waals surface area contributed by atoms with E-state index in [1.54, 1.807) is 0 Å². The Morgan fingerprint density at radius 2 is 2.00 bits per heavy atom. The topological polar surface area (TPSA) is 0 Å². The van der Waals surface area contributed by atoms with Gasteiger partial charge in [-0.1, -0.05) is 73.4 Å². The van der Waals surface area contributed by atoms with E-state index in [4.69, 9.17) is 0 Å². The monoisotopic (exact) mass is 276 g/mol.